The molecule has 0 unspecified atom stereocenters. The van der Waals surface area contributed by atoms with Gasteiger partial charge >= 0.3 is 5.63 Å². The summed E-state index contributed by atoms with van der Waals surface area (Å²) in [5.74, 6) is 1.13. The van der Waals surface area contributed by atoms with Gasteiger partial charge in [0.2, 0.25) is 0 Å². The van der Waals surface area contributed by atoms with E-state index in [1.165, 1.54) is 7.11 Å². The van der Waals surface area contributed by atoms with Gasteiger partial charge < -0.3 is 18.6 Å². The van der Waals surface area contributed by atoms with Gasteiger partial charge in [0.05, 0.1) is 38.0 Å². The Balaban J connectivity index is 2.33. The highest BCUT2D eigenvalue weighted by molar-refractivity contribution is 5.89. The van der Waals surface area contributed by atoms with E-state index in [2.05, 4.69) is 6.07 Å². The quantitative estimate of drug-likeness (QED) is 0.622. The van der Waals surface area contributed by atoms with Gasteiger partial charge in [-0.1, -0.05) is 0 Å². The lowest BCUT2D eigenvalue weighted by molar-refractivity contribution is 0.202. The number of nitriles is 1. The maximum Gasteiger partial charge on any atom is 0.344 e. The van der Waals surface area contributed by atoms with E-state index >= 15 is 0 Å². The van der Waals surface area contributed by atoms with Crippen LogP contribution in [0.5, 0.6) is 11.5 Å². The minimum absolute atomic E-state index is 0.376. The van der Waals surface area contributed by atoms with Gasteiger partial charge in [-0.05, 0) is 42.3 Å². The number of hydrogen-bond acceptors (Lipinski definition) is 6. The fourth-order valence-electron chi connectivity index (χ4n) is 3.08. The number of nitrogens with zero attached hydrogens (tertiary/aromatic N) is 1. The average Bonchev–Trinajstić information content (AvgIpc) is 2.70. The van der Waals surface area contributed by atoms with Gasteiger partial charge in [0, 0.05) is 24.1 Å². The molecule has 138 valence electrons. The molecule has 0 radical (unpaired) electrons. The zero-order valence-electron chi connectivity index (χ0n) is 15.4. The molecular formula is C21H19NO5. The molecule has 0 amide bonds. The van der Waals surface area contributed by atoms with Crippen LogP contribution in [-0.2, 0) is 11.2 Å². The normalized spacial score (nSPS) is 10.6. The summed E-state index contributed by atoms with van der Waals surface area (Å²) in [6, 6.07) is 12.4. The highest BCUT2D eigenvalue weighted by Crippen LogP contribution is 2.36. The molecule has 0 spiro atoms. The van der Waals surface area contributed by atoms with E-state index in [4.69, 9.17) is 23.9 Å². The molecule has 0 fully saturated rings. The fraction of sp³-hybridized carbons (Fsp3) is 0.238. The molecule has 0 saturated carbocycles. The van der Waals surface area contributed by atoms with E-state index in [1.54, 1.807) is 50.6 Å². The lowest BCUT2D eigenvalue weighted by Crippen LogP contribution is -2.11. The Hall–Kier alpha value is -3.30. The number of fused-ring (bicyclic) bond motifs is 1. The molecule has 6 nitrogen and oxygen atoms in total. The van der Waals surface area contributed by atoms with Gasteiger partial charge in [0.15, 0.2) is 0 Å². The van der Waals surface area contributed by atoms with Crippen molar-refractivity contribution in [2.45, 2.75) is 6.42 Å². The van der Waals surface area contributed by atoms with Crippen molar-refractivity contribution in [3.05, 3.63) is 57.9 Å². The number of methoxy groups -OCH3 is 3. The van der Waals surface area contributed by atoms with Crippen LogP contribution in [-0.4, -0.2) is 27.9 Å². The molecule has 27 heavy (non-hydrogen) atoms. The Morgan fingerprint density at radius 3 is 2.56 bits per heavy atom. The van der Waals surface area contributed by atoms with Crippen molar-refractivity contribution in [1.29, 1.82) is 5.26 Å². The summed E-state index contributed by atoms with van der Waals surface area (Å²) in [6.45, 7) is 0.435. The zero-order valence-corrected chi connectivity index (χ0v) is 15.4. The smallest absolute Gasteiger partial charge is 0.344 e. The Morgan fingerprint density at radius 1 is 1.07 bits per heavy atom. The van der Waals surface area contributed by atoms with E-state index in [9.17, 15) is 4.79 Å². The molecule has 0 aliphatic rings. The van der Waals surface area contributed by atoms with E-state index in [0.717, 1.165) is 10.9 Å². The SMILES string of the molecule is COCCc1c(-c2ccc(OC)cc2OC)c(=O)oc2cc(C#N)ccc12. The molecule has 6 heteroatoms. The van der Waals surface area contributed by atoms with Crippen LogP contribution in [0.25, 0.3) is 22.1 Å². The minimum Gasteiger partial charge on any atom is -0.497 e. The highest BCUT2D eigenvalue weighted by atomic mass is 16.5. The fourth-order valence-corrected chi connectivity index (χ4v) is 3.08. The molecule has 3 aromatic rings. The van der Waals surface area contributed by atoms with Crippen LogP contribution < -0.4 is 15.1 Å². The molecule has 0 aliphatic carbocycles. The first kappa shape index (κ1) is 18.5. The van der Waals surface area contributed by atoms with Crippen LogP contribution in [0.1, 0.15) is 11.1 Å². The van der Waals surface area contributed by atoms with Crippen molar-refractivity contribution in [3.63, 3.8) is 0 Å². The van der Waals surface area contributed by atoms with Crippen LogP contribution in [0.4, 0.5) is 0 Å². The number of benzene rings is 2. The summed E-state index contributed by atoms with van der Waals surface area (Å²) < 4.78 is 21.5. The Bertz CT molecular complexity index is 1080. The van der Waals surface area contributed by atoms with Crippen molar-refractivity contribution in [1.82, 2.24) is 0 Å². The first-order chi connectivity index (χ1) is 13.1. The Morgan fingerprint density at radius 2 is 1.89 bits per heavy atom. The minimum atomic E-state index is -0.493. The second-order valence-corrected chi connectivity index (χ2v) is 5.87. The van der Waals surface area contributed by atoms with Gasteiger partial charge in [-0.15, -0.1) is 0 Å². The second-order valence-electron chi connectivity index (χ2n) is 5.87. The van der Waals surface area contributed by atoms with Crippen molar-refractivity contribution < 1.29 is 18.6 Å². The molecule has 3 rings (SSSR count). The van der Waals surface area contributed by atoms with Gasteiger partial charge in [-0.25, -0.2) is 4.79 Å². The summed E-state index contributed by atoms with van der Waals surface area (Å²) >= 11 is 0. The van der Waals surface area contributed by atoms with Gasteiger partial charge in [0.1, 0.15) is 17.1 Å². The highest BCUT2D eigenvalue weighted by Gasteiger charge is 2.20. The van der Waals surface area contributed by atoms with Crippen LogP contribution in [0, 0.1) is 11.3 Å². The largest absolute Gasteiger partial charge is 0.497 e. The third-order valence-electron chi connectivity index (χ3n) is 4.38. The molecule has 0 N–H and O–H groups in total. The van der Waals surface area contributed by atoms with Crippen LogP contribution in [0.15, 0.2) is 45.6 Å². The monoisotopic (exact) mass is 365 g/mol. The molecular weight excluding hydrogens is 346 g/mol. The topological polar surface area (TPSA) is 81.7 Å². The molecule has 2 aromatic carbocycles. The van der Waals surface area contributed by atoms with Crippen molar-refractivity contribution >= 4 is 11.0 Å². The predicted octanol–water partition coefficient (Wildman–Crippen LogP) is 3.54. The third-order valence-corrected chi connectivity index (χ3v) is 4.38. The Labute approximate surface area is 156 Å². The van der Waals surface area contributed by atoms with Crippen LogP contribution in [0.2, 0.25) is 0 Å². The number of rotatable bonds is 6. The molecule has 0 saturated heterocycles. The summed E-state index contributed by atoms with van der Waals surface area (Å²) in [6.07, 6.45) is 0.509. The first-order valence-corrected chi connectivity index (χ1v) is 8.34. The predicted molar refractivity (Wildman–Crippen MR) is 101 cm³/mol. The van der Waals surface area contributed by atoms with Crippen LogP contribution in [0.3, 0.4) is 0 Å². The van der Waals surface area contributed by atoms with E-state index in [0.29, 0.717) is 46.8 Å². The molecule has 0 aliphatic heterocycles. The first-order valence-electron chi connectivity index (χ1n) is 8.34. The summed E-state index contributed by atoms with van der Waals surface area (Å²) in [4.78, 5) is 12.9. The molecule has 1 heterocycles. The molecule has 0 atom stereocenters. The molecule has 1 aromatic heterocycles. The lowest BCUT2D eigenvalue weighted by Gasteiger charge is -2.15. The second kappa shape index (κ2) is 7.94. The van der Waals surface area contributed by atoms with Crippen molar-refractivity contribution in [2.75, 3.05) is 27.9 Å². The van der Waals surface area contributed by atoms with E-state index in [-0.39, 0.29) is 0 Å². The number of hydrogen-bond donors (Lipinski definition) is 0. The van der Waals surface area contributed by atoms with Gasteiger partial charge in [0.25, 0.3) is 0 Å². The average molecular weight is 365 g/mol. The molecule has 0 bridgehead atoms. The summed E-state index contributed by atoms with van der Waals surface area (Å²) in [5, 5.41) is 9.87. The van der Waals surface area contributed by atoms with Crippen molar-refractivity contribution in [3.8, 4) is 28.7 Å². The van der Waals surface area contributed by atoms with Crippen molar-refractivity contribution in [2.24, 2.45) is 0 Å². The number of ether oxygens (including phenoxy) is 3. The van der Waals surface area contributed by atoms with Crippen LogP contribution >= 0.6 is 0 Å². The standard InChI is InChI=1S/C21H19NO5/c1-24-9-8-16-15-6-4-13(12-22)10-19(15)27-21(23)20(16)17-7-5-14(25-2)11-18(17)26-3/h4-7,10-11H,8-9H2,1-3H3. The summed E-state index contributed by atoms with van der Waals surface area (Å²) in [7, 11) is 4.71. The van der Waals surface area contributed by atoms with E-state index < -0.39 is 5.63 Å². The van der Waals surface area contributed by atoms with Gasteiger partial charge in [-0.2, -0.15) is 5.26 Å². The lowest BCUT2D eigenvalue weighted by atomic mass is 9.95. The zero-order chi connectivity index (χ0) is 19.4. The Kier molecular flexibility index (Phi) is 5.43. The summed E-state index contributed by atoms with van der Waals surface area (Å²) in [5.41, 5.74) is 2.14. The maximum absolute atomic E-state index is 12.9. The van der Waals surface area contributed by atoms with E-state index in [1.807, 2.05) is 0 Å². The third kappa shape index (κ3) is 3.50. The van der Waals surface area contributed by atoms with Gasteiger partial charge in [-0.3, -0.25) is 0 Å². The maximum atomic E-state index is 12.9.